The maximum atomic E-state index is 12.1. The fraction of sp³-hybridized carbons (Fsp3) is 0. The van der Waals surface area contributed by atoms with E-state index >= 15 is 0 Å². The molecule has 27 heavy (non-hydrogen) atoms. The molecule has 0 fully saturated rings. The van der Waals surface area contributed by atoms with Crippen molar-refractivity contribution in [1.82, 2.24) is 0 Å². The Labute approximate surface area is 154 Å². The van der Waals surface area contributed by atoms with E-state index in [9.17, 15) is 14.9 Å². The van der Waals surface area contributed by atoms with E-state index in [1.807, 2.05) is 42.5 Å². The fourth-order valence-corrected chi connectivity index (χ4v) is 2.38. The van der Waals surface area contributed by atoms with Crippen LogP contribution in [-0.2, 0) is 4.84 Å². The first kappa shape index (κ1) is 17.8. The van der Waals surface area contributed by atoms with Crippen LogP contribution in [0, 0.1) is 10.1 Å². The first-order valence-corrected chi connectivity index (χ1v) is 8.00. The third-order valence-corrected chi connectivity index (χ3v) is 3.83. The number of nitrogens with two attached hydrogens (primary N) is 1. The quantitative estimate of drug-likeness (QED) is 0.245. The predicted molar refractivity (Wildman–Crippen MR) is 101 cm³/mol. The van der Waals surface area contributed by atoms with Gasteiger partial charge in [-0.15, -0.1) is 0 Å². The van der Waals surface area contributed by atoms with Crippen LogP contribution >= 0.6 is 0 Å². The molecule has 0 bridgehead atoms. The third-order valence-electron chi connectivity index (χ3n) is 3.83. The molecule has 7 heteroatoms. The Hall–Kier alpha value is -4.00. The number of hydrogen-bond acceptors (Lipinski definition) is 5. The normalized spacial score (nSPS) is 11.0. The molecule has 0 saturated carbocycles. The zero-order valence-electron chi connectivity index (χ0n) is 14.1. The highest BCUT2D eigenvalue weighted by molar-refractivity contribution is 5.98. The lowest BCUT2D eigenvalue weighted by Crippen LogP contribution is -2.15. The Morgan fingerprint density at radius 2 is 1.41 bits per heavy atom. The van der Waals surface area contributed by atoms with E-state index in [4.69, 9.17) is 10.6 Å². The van der Waals surface area contributed by atoms with Crippen molar-refractivity contribution in [2.45, 2.75) is 0 Å². The Kier molecular flexibility index (Phi) is 5.22. The van der Waals surface area contributed by atoms with Gasteiger partial charge in [0.2, 0.25) is 0 Å². The van der Waals surface area contributed by atoms with Crippen molar-refractivity contribution in [1.29, 1.82) is 0 Å². The Balaban J connectivity index is 1.67. The average Bonchev–Trinajstić information content (AvgIpc) is 2.72. The number of amidine groups is 1. The summed E-state index contributed by atoms with van der Waals surface area (Å²) in [6, 6.07) is 22.1. The Bertz CT molecular complexity index is 982. The largest absolute Gasteiger partial charge is 0.380 e. The van der Waals surface area contributed by atoms with E-state index in [2.05, 4.69) is 5.16 Å². The number of rotatable bonds is 5. The topological polar surface area (TPSA) is 108 Å². The van der Waals surface area contributed by atoms with Crippen LogP contribution in [0.5, 0.6) is 0 Å². The van der Waals surface area contributed by atoms with Gasteiger partial charge in [0.1, 0.15) is 0 Å². The molecule has 0 radical (unpaired) electrons. The highest BCUT2D eigenvalue weighted by atomic mass is 16.7. The summed E-state index contributed by atoms with van der Waals surface area (Å²) < 4.78 is 0. The van der Waals surface area contributed by atoms with Crippen LogP contribution in [0.4, 0.5) is 5.69 Å². The van der Waals surface area contributed by atoms with E-state index in [0.29, 0.717) is 11.1 Å². The maximum Gasteiger partial charge on any atom is 0.365 e. The van der Waals surface area contributed by atoms with Crippen LogP contribution in [0.1, 0.15) is 15.9 Å². The lowest BCUT2D eigenvalue weighted by Gasteiger charge is -2.04. The summed E-state index contributed by atoms with van der Waals surface area (Å²) >= 11 is 0. The molecule has 0 unspecified atom stereocenters. The lowest BCUT2D eigenvalue weighted by molar-refractivity contribution is -0.384. The number of oxime groups is 1. The minimum absolute atomic E-state index is 0.0563. The van der Waals surface area contributed by atoms with Crippen LogP contribution in [0.15, 0.2) is 84.0 Å². The maximum absolute atomic E-state index is 12.1. The molecule has 0 atom stereocenters. The molecular weight excluding hydrogens is 346 g/mol. The van der Waals surface area contributed by atoms with Crippen LogP contribution in [0.2, 0.25) is 0 Å². The molecule has 0 aliphatic rings. The van der Waals surface area contributed by atoms with Crippen molar-refractivity contribution in [3.05, 3.63) is 100 Å². The van der Waals surface area contributed by atoms with Gasteiger partial charge >= 0.3 is 5.97 Å². The molecule has 0 aliphatic heterocycles. The predicted octanol–water partition coefficient (Wildman–Crippen LogP) is 3.74. The van der Waals surface area contributed by atoms with Crippen molar-refractivity contribution in [2.75, 3.05) is 0 Å². The van der Waals surface area contributed by atoms with Crippen molar-refractivity contribution in [2.24, 2.45) is 10.9 Å². The van der Waals surface area contributed by atoms with Crippen molar-refractivity contribution in [3.63, 3.8) is 0 Å². The zero-order chi connectivity index (χ0) is 19.2. The summed E-state index contributed by atoms with van der Waals surface area (Å²) in [4.78, 5) is 27.1. The molecule has 7 nitrogen and oxygen atoms in total. The number of nitro benzene ring substituents is 1. The van der Waals surface area contributed by atoms with Gasteiger partial charge in [-0.05, 0) is 35.4 Å². The zero-order valence-corrected chi connectivity index (χ0v) is 14.1. The van der Waals surface area contributed by atoms with Gasteiger partial charge in [0, 0.05) is 17.7 Å². The summed E-state index contributed by atoms with van der Waals surface area (Å²) in [5.41, 5.74) is 8.43. The van der Waals surface area contributed by atoms with E-state index in [1.165, 1.54) is 24.3 Å². The monoisotopic (exact) mass is 361 g/mol. The molecule has 0 heterocycles. The van der Waals surface area contributed by atoms with Gasteiger partial charge in [0.05, 0.1) is 10.5 Å². The summed E-state index contributed by atoms with van der Waals surface area (Å²) in [6.07, 6.45) is 0. The summed E-state index contributed by atoms with van der Waals surface area (Å²) in [5.74, 6) is -0.710. The molecular formula is C20H15N3O4. The van der Waals surface area contributed by atoms with Gasteiger partial charge in [0.25, 0.3) is 5.69 Å². The minimum Gasteiger partial charge on any atom is -0.380 e. The average molecular weight is 361 g/mol. The van der Waals surface area contributed by atoms with Crippen molar-refractivity contribution >= 4 is 17.5 Å². The second-order valence-corrected chi connectivity index (χ2v) is 5.60. The molecule has 3 rings (SSSR count). The highest BCUT2D eigenvalue weighted by Gasteiger charge is 2.10. The molecule has 3 aromatic rings. The van der Waals surface area contributed by atoms with Crippen LogP contribution in [-0.4, -0.2) is 16.7 Å². The first-order chi connectivity index (χ1) is 13.0. The van der Waals surface area contributed by atoms with Gasteiger partial charge in [-0.25, -0.2) is 4.79 Å². The van der Waals surface area contributed by atoms with Gasteiger partial charge < -0.3 is 10.6 Å². The van der Waals surface area contributed by atoms with E-state index in [1.54, 1.807) is 12.1 Å². The van der Waals surface area contributed by atoms with E-state index in [-0.39, 0.29) is 11.5 Å². The molecule has 0 amide bonds. The smallest absolute Gasteiger partial charge is 0.365 e. The lowest BCUT2D eigenvalue weighted by atomic mass is 10.0. The van der Waals surface area contributed by atoms with Crippen LogP contribution in [0.25, 0.3) is 11.1 Å². The number of non-ortho nitro benzene ring substituents is 1. The van der Waals surface area contributed by atoms with Crippen LogP contribution in [0.3, 0.4) is 0 Å². The molecule has 3 aromatic carbocycles. The first-order valence-electron chi connectivity index (χ1n) is 8.00. The van der Waals surface area contributed by atoms with Gasteiger partial charge in [0.15, 0.2) is 5.84 Å². The van der Waals surface area contributed by atoms with Gasteiger partial charge in [-0.2, -0.15) is 0 Å². The van der Waals surface area contributed by atoms with Crippen molar-refractivity contribution < 1.29 is 14.6 Å². The van der Waals surface area contributed by atoms with E-state index in [0.717, 1.165) is 11.1 Å². The third kappa shape index (κ3) is 4.35. The number of carbonyl (C=O) groups excluding carboxylic acids is 1. The Morgan fingerprint density at radius 3 is 2.00 bits per heavy atom. The molecule has 2 N–H and O–H groups in total. The second-order valence-electron chi connectivity index (χ2n) is 5.60. The van der Waals surface area contributed by atoms with Crippen molar-refractivity contribution in [3.8, 4) is 11.1 Å². The second kappa shape index (κ2) is 7.92. The number of carbonyl (C=O) groups is 1. The van der Waals surface area contributed by atoms with E-state index < -0.39 is 10.9 Å². The highest BCUT2D eigenvalue weighted by Crippen LogP contribution is 2.19. The van der Waals surface area contributed by atoms with Gasteiger partial charge in [-0.1, -0.05) is 47.6 Å². The van der Waals surface area contributed by atoms with Crippen LogP contribution < -0.4 is 5.73 Å². The number of nitro groups is 1. The number of nitrogens with zero attached hydrogens (tertiary/aromatic N) is 2. The standard InChI is InChI=1S/C20H15N3O4/c21-19(16-10-12-18(13-11-16)23(25)26)22-27-20(24)17-8-6-15(7-9-17)14-4-2-1-3-5-14/h1-13H,(H2,21,22). The number of benzene rings is 3. The Morgan fingerprint density at radius 1 is 0.852 bits per heavy atom. The number of hydrogen-bond donors (Lipinski definition) is 1. The molecule has 134 valence electrons. The minimum atomic E-state index is -0.653. The van der Waals surface area contributed by atoms with Gasteiger partial charge in [-0.3, -0.25) is 10.1 Å². The summed E-state index contributed by atoms with van der Waals surface area (Å²) in [7, 11) is 0. The summed E-state index contributed by atoms with van der Waals surface area (Å²) in [6.45, 7) is 0. The molecule has 0 spiro atoms. The fourth-order valence-electron chi connectivity index (χ4n) is 2.38. The SMILES string of the molecule is N/C(=N\OC(=O)c1ccc(-c2ccccc2)cc1)c1ccc([N+](=O)[O-])cc1. The molecule has 0 aliphatic carbocycles. The molecule has 0 aromatic heterocycles. The summed E-state index contributed by atoms with van der Waals surface area (Å²) in [5, 5.41) is 14.2. The molecule has 0 saturated heterocycles.